The molecular weight excluding hydrogens is 276 g/mol. The van der Waals surface area contributed by atoms with Crippen molar-refractivity contribution in [3.63, 3.8) is 0 Å². The molecular formula is C18H28N2O2. The fraction of sp³-hybridized carbons (Fsp3) is 0.611. The summed E-state index contributed by atoms with van der Waals surface area (Å²) in [6.07, 6.45) is 3.78. The van der Waals surface area contributed by atoms with Crippen LogP contribution in [0.2, 0.25) is 0 Å². The number of nitrogens with one attached hydrogen (secondary N) is 1. The fourth-order valence-electron chi connectivity index (χ4n) is 2.80. The van der Waals surface area contributed by atoms with Crippen LogP contribution in [0.15, 0.2) is 18.2 Å². The zero-order chi connectivity index (χ0) is 16.1. The second-order valence-electron chi connectivity index (χ2n) is 6.44. The lowest BCUT2D eigenvalue weighted by atomic mass is 10.1. The van der Waals surface area contributed by atoms with E-state index in [1.807, 2.05) is 19.1 Å². The Morgan fingerprint density at radius 1 is 1.45 bits per heavy atom. The van der Waals surface area contributed by atoms with Gasteiger partial charge in [-0.3, -0.25) is 4.79 Å². The highest BCUT2D eigenvalue weighted by Crippen LogP contribution is 2.25. The summed E-state index contributed by atoms with van der Waals surface area (Å²) in [4.78, 5) is 12.2. The molecule has 1 saturated carbocycles. The van der Waals surface area contributed by atoms with E-state index in [1.54, 1.807) is 0 Å². The second kappa shape index (κ2) is 7.63. The molecule has 2 rings (SSSR count). The quantitative estimate of drug-likeness (QED) is 0.849. The molecule has 22 heavy (non-hydrogen) atoms. The summed E-state index contributed by atoms with van der Waals surface area (Å²) in [5.41, 5.74) is 8.07. The molecule has 1 aliphatic carbocycles. The molecule has 0 radical (unpaired) electrons. The number of ether oxygens (including phenoxy) is 1. The molecule has 122 valence electrons. The van der Waals surface area contributed by atoms with Gasteiger partial charge < -0.3 is 15.8 Å². The maximum absolute atomic E-state index is 12.2. The third-order valence-electron chi connectivity index (χ3n) is 4.42. The minimum Gasteiger partial charge on any atom is -0.490 e. The Labute approximate surface area is 133 Å². The summed E-state index contributed by atoms with van der Waals surface area (Å²) in [6, 6.07) is 6.31. The maximum Gasteiger partial charge on any atom is 0.223 e. The smallest absolute Gasteiger partial charge is 0.223 e. The molecule has 1 fully saturated rings. The number of rotatable bonds is 6. The molecule has 0 saturated heterocycles. The molecule has 1 aliphatic rings. The standard InChI is InChI=1S/C18H28N2O2/c1-4-13(3)22-17-9-12(2)5-6-15(17)11-20-18(21)14-7-8-16(19)10-14/h5-6,9,13-14,16H,4,7-8,10-11,19H2,1-3H3,(H,20,21). The molecule has 0 aliphatic heterocycles. The predicted molar refractivity (Wildman–Crippen MR) is 88.7 cm³/mol. The van der Waals surface area contributed by atoms with Crippen LogP contribution in [-0.2, 0) is 11.3 Å². The highest BCUT2D eigenvalue weighted by Gasteiger charge is 2.27. The van der Waals surface area contributed by atoms with E-state index in [4.69, 9.17) is 10.5 Å². The van der Waals surface area contributed by atoms with Crippen molar-refractivity contribution in [1.29, 1.82) is 0 Å². The van der Waals surface area contributed by atoms with E-state index in [-0.39, 0.29) is 24.0 Å². The average molecular weight is 304 g/mol. The number of amides is 1. The van der Waals surface area contributed by atoms with Crippen LogP contribution < -0.4 is 15.8 Å². The van der Waals surface area contributed by atoms with Crippen LogP contribution in [0.4, 0.5) is 0 Å². The molecule has 4 heteroatoms. The van der Waals surface area contributed by atoms with Crippen molar-refractivity contribution in [2.24, 2.45) is 11.7 Å². The summed E-state index contributed by atoms with van der Waals surface area (Å²) >= 11 is 0. The van der Waals surface area contributed by atoms with Crippen LogP contribution in [0.25, 0.3) is 0 Å². The Balaban J connectivity index is 1.98. The third kappa shape index (κ3) is 4.47. The maximum atomic E-state index is 12.2. The number of carbonyl (C=O) groups is 1. The van der Waals surface area contributed by atoms with Crippen molar-refractivity contribution >= 4 is 5.91 Å². The van der Waals surface area contributed by atoms with Gasteiger partial charge in [0.25, 0.3) is 0 Å². The number of hydrogen-bond donors (Lipinski definition) is 2. The molecule has 1 aromatic carbocycles. The normalized spacial score (nSPS) is 22.4. The molecule has 0 aromatic heterocycles. The minimum absolute atomic E-state index is 0.0689. The predicted octanol–water partition coefficient (Wildman–Crippen LogP) is 2.92. The molecule has 0 bridgehead atoms. The monoisotopic (exact) mass is 304 g/mol. The van der Waals surface area contributed by atoms with E-state index in [0.29, 0.717) is 6.54 Å². The lowest BCUT2D eigenvalue weighted by Crippen LogP contribution is -2.30. The van der Waals surface area contributed by atoms with E-state index in [1.165, 1.54) is 0 Å². The van der Waals surface area contributed by atoms with Crippen molar-refractivity contribution in [3.05, 3.63) is 29.3 Å². The summed E-state index contributed by atoms with van der Waals surface area (Å²) in [5, 5.41) is 3.04. The van der Waals surface area contributed by atoms with Crippen LogP contribution in [0, 0.1) is 12.8 Å². The number of carbonyl (C=O) groups excluding carboxylic acids is 1. The topological polar surface area (TPSA) is 64.3 Å². The van der Waals surface area contributed by atoms with Gasteiger partial charge in [-0.05, 0) is 51.2 Å². The summed E-state index contributed by atoms with van der Waals surface area (Å²) in [5.74, 6) is 1.06. The van der Waals surface area contributed by atoms with Crippen LogP contribution in [0.1, 0.15) is 50.7 Å². The average Bonchev–Trinajstić information content (AvgIpc) is 2.92. The van der Waals surface area contributed by atoms with E-state index < -0.39 is 0 Å². The Hall–Kier alpha value is -1.55. The van der Waals surface area contributed by atoms with Crippen LogP contribution in [0.3, 0.4) is 0 Å². The van der Waals surface area contributed by atoms with Crippen molar-refractivity contribution in [1.82, 2.24) is 5.32 Å². The minimum atomic E-state index is 0.0689. The molecule has 3 unspecified atom stereocenters. The fourth-order valence-corrected chi connectivity index (χ4v) is 2.80. The van der Waals surface area contributed by atoms with Gasteiger partial charge in [-0.15, -0.1) is 0 Å². The first kappa shape index (κ1) is 16.8. The van der Waals surface area contributed by atoms with E-state index in [9.17, 15) is 4.79 Å². The number of aryl methyl sites for hydroxylation is 1. The Morgan fingerprint density at radius 3 is 2.86 bits per heavy atom. The Bertz CT molecular complexity index is 516. The molecule has 1 amide bonds. The summed E-state index contributed by atoms with van der Waals surface area (Å²) < 4.78 is 5.98. The first-order valence-corrected chi connectivity index (χ1v) is 8.29. The molecule has 4 nitrogen and oxygen atoms in total. The van der Waals surface area contributed by atoms with Gasteiger partial charge >= 0.3 is 0 Å². The highest BCUT2D eigenvalue weighted by atomic mass is 16.5. The first-order chi connectivity index (χ1) is 10.5. The van der Waals surface area contributed by atoms with Gasteiger partial charge in [-0.2, -0.15) is 0 Å². The van der Waals surface area contributed by atoms with Crippen LogP contribution in [0.5, 0.6) is 5.75 Å². The van der Waals surface area contributed by atoms with Crippen LogP contribution >= 0.6 is 0 Å². The van der Waals surface area contributed by atoms with E-state index in [2.05, 4.69) is 25.2 Å². The van der Waals surface area contributed by atoms with Gasteiger partial charge in [0, 0.05) is 24.1 Å². The van der Waals surface area contributed by atoms with Crippen molar-refractivity contribution in [2.75, 3.05) is 0 Å². The number of nitrogens with two attached hydrogens (primary N) is 1. The second-order valence-corrected chi connectivity index (χ2v) is 6.44. The van der Waals surface area contributed by atoms with Gasteiger partial charge in [0.15, 0.2) is 0 Å². The molecule has 0 spiro atoms. The summed E-state index contributed by atoms with van der Waals surface area (Å²) in [7, 11) is 0. The van der Waals surface area contributed by atoms with Gasteiger partial charge in [0.1, 0.15) is 5.75 Å². The zero-order valence-electron chi connectivity index (χ0n) is 13.9. The zero-order valence-corrected chi connectivity index (χ0v) is 13.9. The molecule has 3 N–H and O–H groups in total. The van der Waals surface area contributed by atoms with E-state index >= 15 is 0 Å². The van der Waals surface area contributed by atoms with Gasteiger partial charge in [0.2, 0.25) is 5.91 Å². The molecule has 3 atom stereocenters. The lowest BCUT2D eigenvalue weighted by molar-refractivity contribution is -0.125. The molecule has 1 aromatic rings. The van der Waals surface area contributed by atoms with E-state index in [0.717, 1.165) is 42.6 Å². The third-order valence-corrected chi connectivity index (χ3v) is 4.42. The summed E-state index contributed by atoms with van der Waals surface area (Å²) in [6.45, 7) is 6.72. The largest absolute Gasteiger partial charge is 0.490 e. The number of benzene rings is 1. The Kier molecular flexibility index (Phi) is 5.83. The lowest BCUT2D eigenvalue weighted by Gasteiger charge is -2.18. The van der Waals surface area contributed by atoms with Crippen molar-refractivity contribution in [2.45, 2.75) is 65.1 Å². The van der Waals surface area contributed by atoms with Gasteiger partial charge in [0.05, 0.1) is 6.10 Å². The van der Waals surface area contributed by atoms with Crippen molar-refractivity contribution in [3.8, 4) is 5.75 Å². The molecule has 0 heterocycles. The number of hydrogen-bond acceptors (Lipinski definition) is 3. The first-order valence-electron chi connectivity index (χ1n) is 8.29. The highest BCUT2D eigenvalue weighted by molar-refractivity contribution is 5.79. The van der Waals surface area contributed by atoms with Gasteiger partial charge in [-0.25, -0.2) is 0 Å². The van der Waals surface area contributed by atoms with Crippen molar-refractivity contribution < 1.29 is 9.53 Å². The van der Waals surface area contributed by atoms with Crippen LogP contribution in [-0.4, -0.2) is 18.1 Å². The Morgan fingerprint density at radius 2 is 2.23 bits per heavy atom. The SMILES string of the molecule is CCC(C)Oc1cc(C)ccc1CNC(=O)C1CCC(N)C1. The van der Waals surface area contributed by atoms with Gasteiger partial charge in [-0.1, -0.05) is 19.1 Å².